The molecule has 2 aromatic rings. The Hall–Kier alpha value is -2.08. The molecule has 1 aromatic heterocycles. The summed E-state index contributed by atoms with van der Waals surface area (Å²) in [6.45, 7) is 7.04. The smallest absolute Gasteiger partial charge is 0.191 e. The lowest BCUT2D eigenvalue weighted by Crippen LogP contribution is -2.51. The van der Waals surface area contributed by atoms with E-state index >= 15 is 0 Å². The Morgan fingerprint density at radius 1 is 1.32 bits per heavy atom. The second kappa shape index (κ2) is 8.34. The van der Waals surface area contributed by atoms with Crippen LogP contribution in [-0.4, -0.2) is 37.1 Å². The molecule has 0 saturated carbocycles. The van der Waals surface area contributed by atoms with Gasteiger partial charge in [-0.3, -0.25) is 4.99 Å². The Morgan fingerprint density at radius 3 is 2.80 bits per heavy atom. The monoisotopic (exact) mass is 357 g/mol. The van der Waals surface area contributed by atoms with E-state index in [4.69, 9.17) is 0 Å². The molecule has 1 unspecified atom stereocenters. The Kier molecular flexibility index (Phi) is 5.91. The maximum Gasteiger partial charge on any atom is 0.191 e. The minimum Gasteiger partial charge on any atom is -0.369 e. The van der Waals surface area contributed by atoms with Crippen LogP contribution in [0.15, 0.2) is 35.5 Å². The van der Waals surface area contributed by atoms with Crippen LogP contribution in [-0.2, 0) is 6.54 Å². The zero-order chi connectivity index (χ0) is 17.6. The first kappa shape index (κ1) is 17.7. The molecule has 0 radical (unpaired) electrons. The number of rotatable bonds is 4. The summed E-state index contributed by atoms with van der Waals surface area (Å²) in [5, 5.41) is 8.03. The van der Waals surface area contributed by atoms with E-state index in [2.05, 4.69) is 63.6 Å². The largest absolute Gasteiger partial charge is 0.369 e. The number of piperidine rings is 1. The lowest BCUT2D eigenvalue weighted by atomic mass is 10.0. The van der Waals surface area contributed by atoms with Crippen molar-refractivity contribution in [2.75, 3.05) is 25.0 Å². The summed E-state index contributed by atoms with van der Waals surface area (Å²) >= 11 is 1.72. The van der Waals surface area contributed by atoms with E-state index in [1.54, 1.807) is 11.3 Å². The Bertz CT molecular complexity index is 707. The maximum absolute atomic E-state index is 4.39. The number of benzene rings is 1. The fraction of sp³-hybridized carbons (Fsp3) is 0.474. The predicted octanol–water partition coefficient (Wildman–Crippen LogP) is 3.09. The zero-order valence-electron chi connectivity index (χ0n) is 15.2. The van der Waals surface area contributed by atoms with Crippen molar-refractivity contribution in [3.05, 3.63) is 45.9 Å². The minimum atomic E-state index is 0.402. The molecular weight excluding hydrogens is 330 g/mol. The summed E-state index contributed by atoms with van der Waals surface area (Å²) in [5.74, 6) is 0.851. The van der Waals surface area contributed by atoms with Gasteiger partial charge in [0.25, 0.3) is 0 Å². The van der Waals surface area contributed by atoms with E-state index < -0.39 is 0 Å². The molecule has 2 heterocycles. The van der Waals surface area contributed by atoms with Gasteiger partial charge < -0.3 is 15.5 Å². The molecule has 3 rings (SSSR count). The normalized spacial score (nSPS) is 18.3. The van der Waals surface area contributed by atoms with E-state index in [1.165, 1.54) is 29.0 Å². The van der Waals surface area contributed by atoms with Gasteiger partial charge >= 0.3 is 0 Å². The molecule has 0 spiro atoms. The lowest BCUT2D eigenvalue weighted by molar-refractivity contribution is 0.468. The Balaban J connectivity index is 1.54. The summed E-state index contributed by atoms with van der Waals surface area (Å²) in [4.78, 5) is 12.5. The van der Waals surface area contributed by atoms with Crippen molar-refractivity contribution in [2.24, 2.45) is 4.99 Å². The number of anilines is 1. The SMILES string of the molecule is CN=C(NCc1ncc(C)s1)NC1CCCN(c2ccc(C)cc2)C1. The second-order valence-electron chi connectivity index (χ2n) is 6.56. The van der Waals surface area contributed by atoms with E-state index in [0.717, 1.165) is 24.1 Å². The first-order chi connectivity index (χ1) is 12.1. The van der Waals surface area contributed by atoms with Crippen molar-refractivity contribution in [1.29, 1.82) is 0 Å². The van der Waals surface area contributed by atoms with Crippen LogP contribution in [0.1, 0.15) is 28.3 Å². The molecule has 1 aromatic carbocycles. The van der Waals surface area contributed by atoms with Gasteiger partial charge in [0.05, 0.1) is 6.54 Å². The fourth-order valence-corrected chi connectivity index (χ4v) is 3.84. The number of aliphatic imine (C=N–C) groups is 1. The summed E-state index contributed by atoms with van der Waals surface area (Å²) in [5.41, 5.74) is 2.61. The number of hydrogen-bond acceptors (Lipinski definition) is 4. The van der Waals surface area contributed by atoms with E-state index in [-0.39, 0.29) is 0 Å². The summed E-state index contributed by atoms with van der Waals surface area (Å²) < 4.78 is 0. The molecule has 1 aliphatic heterocycles. The van der Waals surface area contributed by atoms with E-state index in [9.17, 15) is 0 Å². The topological polar surface area (TPSA) is 52.6 Å². The molecule has 6 heteroatoms. The summed E-state index contributed by atoms with van der Waals surface area (Å²) in [6.07, 6.45) is 4.27. The van der Waals surface area contributed by atoms with Crippen LogP contribution in [0.2, 0.25) is 0 Å². The molecule has 134 valence electrons. The number of aryl methyl sites for hydroxylation is 2. The van der Waals surface area contributed by atoms with Crippen LogP contribution in [0, 0.1) is 13.8 Å². The molecule has 1 fully saturated rings. The van der Waals surface area contributed by atoms with Gasteiger partial charge in [0.1, 0.15) is 5.01 Å². The van der Waals surface area contributed by atoms with Crippen LogP contribution in [0.4, 0.5) is 5.69 Å². The molecule has 0 amide bonds. The van der Waals surface area contributed by atoms with Gasteiger partial charge in [0.2, 0.25) is 0 Å². The quantitative estimate of drug-likeness (QED) is 0.652. The van der Waals surface area contributed by atoms with Crippen LogP contribution in [0.3, 0.4) is 0 Å². The first-order valence-electron chi connectivity index (χ1n) is 8.84. The summed E-state index contributed by atoms with van der Waals surface area (Å²) in [6, 6.07) is 9.20. The van der Waals surface area contributed by atoms with Gasteiger partial charge in [-0.25, -0.2) is 4.98 Å². The standard InChI is InChI=1S/C19H27N5S/c1-14-6-8-17(9-7-14)24-10-4-5-16(13-24)23-19(20-3)22-12-18-21-11-15(2)25-18/h6-9,11,16H,4-5,10,12-13H2,1-3H3,(H2,20,22,23). The molecule has 2 N–H and O–H groups in total. The third-order valence-corrected chi connectivity index (χ3v) is 5.37. The zero-order valence-corrected chi connectivity index (χ0v) is 16.1. The van der Waals surface area contributed by atoms with Gasteiger partial charge in [-0.15, -0.1) is 11.3 Å². The number of nitrogens with one attached hydrogen (secondary N) is 2. The van der Waals surface area contributed by atoms with E-state index in [1.807, 2.05) is 13.2 Å². The molecule has 1 aliphatic rings. The van der Waals surface area contributed by atoms with Gasteiger partial charge in [-0.05, 0) is 38.8 Å². The number of nitrogens with zero attached hydrogens (tertiary/aromatic N) is 3. The van der Waals surface area contributed by atoms with Gasteiger partial charge in [0, 0.05) is 42.9 Å². The molecule has 0 bridgehead atoms. The number of thiazole rings is 1. The number of hydrogen-bond donors (Lipinski definition) is 2. The highest BCUT2D eigenvalue weighted by molar-refractivity contribution is 7.11. The number of aromatic nitrogens is 1. The second-order valence-corrected chi connectivity index (χ2v) is 7.87. The molecular formula is C19H27N5S. The van der Waals surface area contributed by atoms with E-state index in [0.29, 0.717) is 12.6 Å². The molecule has 0 aliphatic carbocycles. The average Bonchev–Trinajstić information content (AvgIpc) is 3.05. The molecule has 5 nitrogen and oxygen atoms in total. The molecule has 1 saturated heterocycles. The maximum atomic E-state index is 4.39. The van der Waals surface area contributed by atoms with Gasteiger partial charge in [-0.2, -0.15) is 0 Å². The fourth-order valence-electron chi connectivity index (χ4n) is 3.12. The van der Waals surface area contributed by atoms with Crippen LogP contribution >= 0.6 is 11.3 Å². The third-order valence-electron chi connectivity index (χ3n) is 4.46. The van der Waals surface area contributed by atoms with Crippen LogP contribution < -0.4 is 15.5 Å². The van der Waals surface area contributed by atoms with Crippen molar-refractivity contribution in [2.45, 2.75) is 39.3 Å². The van der Waals surface area contributed by atoms with Crippen molar-refractivity contribution < 1.29 is 0 Å². The molecule has 25 heavy (non-hydrogen) atoms. The highest BCUT2D eigenvalue weighted by atomic mass is 32.1. The Labute approximate surface area is 154 Å². The molecule has 1 atom stereocenters. The van der Waals surface area contributed by atoms with Crippen LogP contribution in [0.5, 0.6) is 0 Å². The van der Waals surface area contributed by atoms with Crippen LogP contribution in [0.25, 0.3) is 0 Å². The third kappa shape index (κ3) is 4.95. The highest BCUT2D eigenvalue weighted by Crippen LogP contribution is 2.20. The summed E-state index contributed by atoms with van der Waals surface area (Å²) in [7, 11) is 1.82. The highest BCUT2D eigenvalue weighted by Gasteiger charge is 2.21. The minimum absolute atomic E-state index is 0.402. The number of guanidine groups is 1. The van der Waals surface area contributed by atoms with Crippen molar-refractivity contribution in [1.82, 2.24) is 15.6 Å². The Morgan fingerprint density at radius 2 is 2.12 bits per heavy atom. The van der Waals surface area contributed by atoms with Crippen molar-refractivity contribution >= 4 is 23.0 Å². The predicted molar refractivity (Wildman–Crippen MR) is 107 cm³/mol. The lowest BCUT2D eigenvalue weighted by Gasteiger charge is -2.35. The first-order valence-corrected chi connectivity index (χ1v) is 9.66. The average molecular weight is 358 g/mol. The van der Waals surface area contributed by atoms with Gasteiger partial charge in [-0.1, -0.05) is 17.7 Å². The van der Waals surface area contributed by atoms with Gasteiger partial charge in [0.15, 0.2) is 5.96 Å². The van der Waals surface area contributed by atoms with Crippen molar-refractivity contribution in [3.63, 3.8) is 0 Å². The van der Waals surface area contributed by atoms with Crippen molar-refractivity contribution in [3.8, 4) is 0 Å².